The van der Waals surface area contributed by atoms with Crippen LogP contribution in [-0.2, 0) is 0 Å². The zero-order valence-corrected chi connectivity index (χ0v) is 13.1. The average Bonchev–Trinajstić information content (AvgIpc) is 3.05. The van der Waals surface area contributed by atoms with Gasteiger partial charge in [-0.15, -0.1) is 11.3 Å². The number of benzene rings is 1. The minimum Gasteiger partial charge on any atom is -0.367 e. The Morgan fingerprint density at radius 3 is 2.48 bits per heavy atom. The zero-order chi connectivity index (χ0) is 15.0. The Balaban J connectivity index is 2.08. The molecule has 0 saturated heterocycles. The van der Waals surface area contributed by atoms with Crippen molar-refractivity contribution in [3.05, 3.63) is 40.2 Å². The van der Waals surface area contributed by atoms with Crippen molar-refractivity contribution in [2.24, 2.45) is 0 Å². The van der Waals surface area contributed by atoms with Crippen LogP contribution in [0.1, 0.15) is 30.3 Å². The van der Waals surface area contributed by atoms with E-state index in [4.69, 9.17) is 10.3 Å². The topological polar surface area (TPSA) is 64.9 Å². The van der Waals surface area contributed by atoms with Crippen LogP contribution in [0, 0.1) is 6.92 Å². The van der Waals surface area contributed by atoms with Crippen molar-refractivity contribution in [1.29, 1.82) is 0 Å². The lowest BCUT2D eigenvalue weighted by molar-refractivity contribution is 0.439. The summed E-state index contributed by atoms with van der Waals surface area (Å²) in [7, 11) is 0. The number of rotatable bonds is 3. The molecule has 3 rings (SSSR count). The molecule has 3 aromatic rings. The van der Waals surface area contributed by atoms with Crippen LogP contribution in [0.25, 0.3) is 22.5 Å². The summed E-state index contributed by atoms with van der Waals surface area (Å²) in [5.74, 6) is 0.826. The number of hydrogen-bond donors (Lipinski definition) is 1. The van der Waals surface area contributed by atoms with E-state index >= 15 is 0 Å². The fourth-order valence-corrected chi connectivity index (χ4v) is 2.86. The van der Waals surface area contributed by atoms with E-state index in [-0.39, 0.29) is 0 Å². The Morgan fingerprint density at radius 1 is 1.19 bits per heavy atom. The van der Waals surface area contributed by atoms with Crippen LogP contribution < -0.4 is 5.73 Å². The first kappa shape index (κ1) is 13.8. The van der Waals surface area contributed by atoms with Gasteiger partial charge in [0, 0.05) is 5.38 Å². The molecular weight excluding hydrogens is 282 g/mol. The van der Waals surface area contributed by atoms with Crippen LogP contribution in [0.15, 0.2) is 34.2 Å². The summed E-state index contributed by atoms with van der Waals surface area (Å²) < 4.78 is 5.18. The molecule has 0 aliphatic rings. The second-order valence-electron chi connectivity index (χ2n) is 5.30. The van der Waals surface area contributed by atoms with E-state index in [0.717, 1.165) is 21.8 Å². The standard InChI is InChI=1S/C16H17N3OS/c1-9(2)11-4-6-12(7-5-11)14-15(19-20-16(14)17)13-8-21-10(3)18-13/h4-9H,17H2,1-3H3. The molecule has 2 aromatic heterocycles. The minimum atomic E-state index is 0.327. The molecule has 0 amide bonds. The second-order valence-corrected chi connectivity index (χ2v) is 6.36. The Labute approximate surface area is 127 Å². The summed E-state index contributed by atoms with van der Waals surface area (Å²) in [5, 5.41) is 7.04. The van der Waals surface area contributed by atoms with E-state index in [9.17, 15) is 0 Å². The maximum atomic E-state index is 5.96. The lowest BCUT2D eigenvalue weighted by Gasteiger charge is -2.06. The fourth-order valence-electron chi connectivity index (χ4n) is 2.26. The number of aryl methyl sites for hydroxylation is 1. The largest absolute Gasteiger partial charge is 0.367 e. The number of nitrogen functional groups attached to an aromatic ring is 1. The van der Waals surface area contributed by atoms with E-state index < -0.39 is 0 Å². The van der Waals surface area contributed by atoms with Crippen LogP contribution in [-0.4, -0.2) is 10.1 Å². The Kier molecular flexibility index (Phi) is 3.51. The van der Waals surface area contributed by atoms with E-state index in [2.05, 4.69) is 48.3 Å². The number of anilines is 1. The number of nitrogens with two attached hydrogens (primary N) is 1. The Hall–Kier alpha value is -2.14. The third-order valence-corrected chi connectivity index (χ3v) is 4.22. The van der Waals surface area contributed by atoms with Crippen molar-refractivity contribution in [3.63, 3.8) is 0 Å². The molecule has 0 spiro atoms. The molecule has 4 nitrogen and oxygen atoms in total. The molecule has 0 radical (unpaired) electrons. The van der Waals surface area contributed by atoms with E-state index in [0.29, 0.717) is 17.5 Å². The molecule has 1 aromatic carbocycles. The first-order valence-corrected chi connectivity index (χ1v) is 7.72. The smallest absolute Gasteiger partial charge is 0.230 e. The number of thiazole rings is 1. The van der Waals surface area contributed by atoms with Crippen molar-refractivity contribution in [2.75, 3.05) is 5.73 Å². The maximum Gasteiger partial charge on any atom is 0.230 e. The van der Waals surface area contributed by atoms with Crippen molar-refractivity contribution in [1.82, 2.24) is 10.1 Å². The van der Waals surface area contributed by atoms with Gasteiger partial charge in [-0.1, -0.05) is 43.3 Å². The van der Waals surface area contributed by atoms with Gasteiger partial charge in [-0.3, -0.25) is 0 Å². The van der Waals surface area contributed by atoms with Crippen molar-refractivity contribution in [2.45, 2.75) is 26.7 Å². The second kappa shape index (κ2) is 5.33. The highest BCUT2D eigenvalue weighted by Crippen LogP contribution is 2.36. The molecule has 0 unspecified atom stereocenters. The summed E-state index contributed by atoms with van der Waals surface area (Å²) in [6.07, 6.45) is 0. The number of hydrogen-bond acceptors (Lipinski definition) is 5. The fraction of sp³-hybridized carbons (Fsp3) is 0.250. The van der Waals surface area contributed by atoms with Gasteiger partial charge >= 0.3 is 0 Å². The van der Waals surface area contributed by atoms with Crippen molar-refractivity contribution < 1.29 is 4.52 Å². The summed E-state index contributed by atoms with van der Waals surface area (Å²) >= 11 is 1.59. The molecular formula is C16H17N3OS. The van der Waals surface area contributed by atoms with Gasteiger partial charge in [-0.2, -0.15) is 0 Å². The van der Waals surface area contributed by atoms with Crippen LogP contribution in [0.3, 0.4) is 0 Å². The summed E-state index contributed by atoms with van der Waals surface area (Å²) in [6, 6.07) is 8.34. The van der Waals surface area contributed by atoms with Crippen LogP contribution in [0.5, 0.6) is 0 Å². The predicted octanol–water partition coefficient (Wildman–Crippen LogP) is 4.48. The maximum absolute atomic E-state index is 5.96. The quantitative estimate of drug-likeness (QED) is 0.774. The van der Waals surface area contributed by atoms with Gasteiger partial charge < -0.3 is 10.3 Å². The van der Waals surface area contributed by atoms with E-state index in [1.807, 2.05) is 12.3 Å². The average molecular weight is 299 g/mol. The molecule has 21 heavy (non-hydrogen) atoms. The van der Waals surface area contributed by atoms with Gasteiger partial charge in [0.05, 0.1) is 10.6 Å². The Morgan fingerprint density at radius 2 is 1.90 bits per heavy atom. The SMILES string of the molecule is Cc1nc(-c2noc(N)c2-c2ccc(C(C)C)cc2)cs1. The van der Waals surface area contributed by atoms with E-state index in [1.54, 1.807) is 11.3 Å². The molecule has 2 N–H and O–H groups in total. The minimum absolute atomic E-state index is 0.327. The van der Waals surface area contributed by atoms with Gasteiger partial charge in [0.2, 0.25) is 5.88 Å². The van der Waals surface area contributed by atoms with Gasteiger partial charge in [-0.05, 0) is 24.0 Å². The molecule has 2 heterocycles. The van der Waals surface area contributed by atoms with Crippen LogP contribution in [0.4, 0.5) is 5.88 Å². The molecule has 5 heteroatoms. The highest BCUT2D eigenvalue weighted by Gasteiger charge is 2.19. The molecule has 108 valence electrons. The molecule has 0 aliphatic carbocycles. The number of aromatic nitrogens is 2. The van der Waals surface area contributed by atoms with Gasteiger partial charge in [0.25, 0.3) is 0 Å². The monoisotopic (exact) mass is 299 g/mol. The van der Waals surface area contributed by atoms with Crippen LogP contribution in [0.2, 0.25) is 0 Å². The first-order chi connectivity index (χ1) is 10.1. The normalized spacial score (nSPS) is 11.2. The van der Waals surface area contributed by atoms with Crippen molar-refractivity contribution >= 4 is 17.2 Å². The molecule has 0 aliphatic heterocycles. The third kappa shape index (κ3) is 2.56. The summed E-state index contributed by atoms with van der Waals surface area (Å²) in [4.78, 5) is 4.47. The summed E-state index contributed by atoms with van der Waals surface area (Å²) in [5.41, 5.74) is 10.6. The lowest BCUT2D eigenvalue weighted by atomic mass is 9.98. The molecule has 0 saturated carbocycles. The number of nitrogens with zero attached hydrogens (tertiary/aromatic N) is 2. The van der Waals surface area contributed by atoms with Crippen LogP contribution >= 0.6 is 11.3 Å². The third-order valence-electron chi connectivity index (χ3n) is 3.45. The molecule has 0 fully saturated rings. The zero-order valence-electron chi connectivity index (χ0n) is 12.3. The first-order valence-electron chi connectivity index (χ1n) is 6.84. The highest BCUT2D eigenvalue weighted by atomic mass is 32.1. The molecule has 0 atom stereocenters. The lowest BCUT2D eigenvalue weighted by Crippen LogP contribution is -1.90. The predicted molar refractivity (Wildman–Crippen MR) is 86.3 cm³/mol. The van der Waals surface area contributed by atoms with Crippen molar-refractivity contribution in [3.8, 4) is 22.5 Å². The molecule has 0 bridgehead atoms. The highest BCUT2D eigenvalue weighted by molar-refractivity contribution is 7.09. The van der Waals surface area contributed by atoms with Gasteiger partial charge in [-0.25, -0.2) is 4.98 Å². The summed E-state index contributed by atoms with van der Waals surface area (Å²) in [6.45, 7) is 6.31. The van der Waals surface area contributed by atoms with Gasteiger partial charge in [0.15, 0.2) is 0 Å². The Bertz CT molecular complexity index is 756. The van der Waals surface area contributed by atoms with E-state index in [1.165, 1.54) is 5.56 Å². The van der Waals surface area contributed by atoms with Gasteiger partial charge in [0.1, 0.15) is 11.4 Å².